The van der Waals surface area contributed by atoms with Gasteiger partial charge in [-0.15, -0.1) is 0 Å². The van der Waals surface area contributed by atoms with Gasteiger partial charge in [-0.2, -0.15) is 0 Å². The zero-order valence-electron chi connectivity index (χ0n) is 27.2. The first kappa shape index (κ1) is 30.3. The molecule has 212 valence electrons. The Morgan fingerprint density at radius 2 is 1.07 bits per heavy atom. The van der Waals surface area contributed by atoms with Crippen LogP contribution in [0.15, 0.2) is 71.4 Å². The molecule has 0 heterocycles. The lowest BCUT2D eigenvalue weighted by atomic mass is 9.79. The molecule has 0 spiro atoms. The SMILES string of the molecule is CCCCC1=C([SiH](c2cc(C)cc(C)c2)c2cc(C)cc(C)c2)CC(c2cc(C(C)(C)C)cc(C(C)(C)C)c2)=C1. The second-order valence-electron chi connectivity index (χ2n) is 14.6. The summed E-state index contributed by atoms with van der Waals surface area (Å²) >= 11 is 0. The lowest BCUT2D eigenvalue weighted by Gasteiger charge is -2.27. The van der Waals surface area contributed by atoms with E-state index < -0.39 is 8.80 Å². The van der Waals surface area contributed by atoms with E-state index in [-0.39, 0.29) is 10.8 Å². The highest BCUT2D eigenvalue weighted by molar-refractivity contribution is 6.91. The van der Waals surface area contributed by atoms with E-state index in [9.17, 15) is 0 Å². The molecule has 1 heteroatoms. The second kappa shape index (κ2) is 11.7. The molecule has 0 atom stereocenters. The van der Waals surface area contributed by atoms with Crippen LogP contribution < -0.4 is 10.4 Å². The molecule has 0 fully saturated rings. The van der Waals surface area contributed by atoms with Gasteiger partial charge in [-0.1, -0.05) is 159 Å². The molecule has 4 rings (SSSR count). The van der Waals surface area contributed by atoms with Crippen molar-refractivity contribution in [2.24, 2.45) is 0 Å². The van der Waals surface area contributed by atoms with E-state index in [1.807, 2.05) is 0 Å². The largest absolute Gasteiger partial charge is 0.129 e. The molecule has 0 nitrogen and oxygen atoms in total. The zero-order chi connectivity index (χ0) is 29.4. The van der Waals surface area contributed by atoms with Crippen molar-refractivity contribution in [3.05, 3.63) is 110 Å². The summed E-state index contributed by atoms with van der Waals surface area (Å²) in [7, 11) is -1.64. The van der Waals surface area contributed by atoms with E-state index in [2.05, 4.69) is 137 Å². The van der Waals surface area contributed by atoms with Crippen molar-refractivity contribution in [3.63, 3.8) is 0 Å². The van der Waals surface area contributed by atoms with Crippen molar-refractivity contribution < 1.29 is 0 Å². The van der Waals surface area contributed by atoms with Crippen LogP contribution in [0.5, 0.6) is 0 Å². The van der Waals surface area contributed by atoms with E-state index in [1.165, 1.54) is 63.8 Å². The van der Waals surface area contributed by atoms with Gasteiger partial charge in [0, 0.05) is 0 Å². The maximum Gasteiger partial charge on any atom is 0.129 e. The van der Waals surface area contributed by atoms with Crippen molar-refractivity contribution in [2.75, 3.05) is 0 Å². The Hall–Kier alpha value is -2.64. The Kier molecular flexibility index (Phi) is 8.86. The van der Waals surface area contributed by atoms with Gasteiger partial charge in [-0.3, -0.25) is 0 Å². The number of hydrogen-bond acceptors (Lipinski definition) is 0. The second-order valence-corrected chi connectivity index (χ2v) is 17.5. The molecule has 0 unspecified atom stereocenters. The van der Waals surface area contributed by atoms with Gasteiger partial charge in [-0.05, 0) is 80.1 Å². The summed E-state index contributed by atoms with van der Waals surface area (Å²) in [6.45, 7) is 25.5. The molecule has 40 heavy (non-hydrogen) atoms. The van der Waals surface area contributed by atoms with Crippen LogP contribution >= 0.6 is 0 Å². The van der Waals surface area contributed by atoms with Crippen LogP contribution in [0.3, 0.4) is 0 Å². The van der Waals surface area contributed by atoms with E-state index in [0.29, 0.717) is 0 Å². The molecule has 1 aliphatic carbocycles. The monoisotopic (exact) mass is 548 g/mol. The summed E-state index contributed by atoms with van der Waals surface area (Å²) in [6, 6.07) is 22.0. The van der Waals surface area contributed by atoms with Crippen LogP contribution in [0.1, 0.15) is 113 Å². The van der Waals surface area contributed by atoms with E-state index in [4.69, 9.17) is 0 Å². The average Bonchev–Trinajstić information content (AvgIpc) is 3.24. The lowest BCUT2D eigenvalue weighted by molar-refractivity contribution is 0.568. The number of hydrogen-bond donors (Lipinski definition) is 0. The molecular weight excluding hydrogens is 497 g/mol. The van der Waals surface area contributed by atoms with Gasteiger partial charge in [-0.25, -0.2) is 0 Å². The number of aryl methyl sites for hydroxylation is 4. The van der Waals surface area contributed by atoms with Crippen LogP contribution in [0.25, 0.3) is 5.57 Å². The van der Waals surface area contributed by atoms with E-state index in [0.717, 1.165) is 6.42 Å². The van der Waals surface area contributed by atoms with Crippen molar-refractivity contribution >= 4 is 24.7 Å². The fourth-order valence-electron chi connectivity index (χ4n) is 6.37. The average molecular weight is 549 g/mol. The third-order valence-electron chi connectivity index (χ3n) is 8.48. The lowest BCUT2D eigenvalue weighted by Crippen LogP contribution is -2.45. The standard InChI is InChI=1S/C39H52Si/c1-12-13-14-30-21-31(32-22-33(38(6,7)8)25-34(23-32)39(9,10)11)24-37(30)40(35-17-26(2)15-27(3)18-35)36-19-28(4)16-29(5)20-36/h15-23,25,40H,12-14,24H2,1-11H3. The van der Waals surface area contributed by atoms with Crippen LogP contribution in [-0.2, 0) is 10.8 Å². The Bertz CT molecular complexity index is 1320. The van der Waals surface area contributed by atoms with Crippen molar-refractivity contribution in [3.8, 4) is 0 Å². The minimum atomic E-state index is -1.64. The molecule has 3 aromatic carbocycles. The predicted octanol–water partition coefficient (Wildman–Crippen LogP) is 9.37. The number of rotatable bonds is 7. The molecule has 0 radical (unpaired) electrons. The van der Waals surface area contributed by atoms with Gasteiger partial charge in [0.05, 0.1) is 0 Å². The van der Waals surface area contributed by atoms with Gasteiger partial charge < -0.3 is 0 Å². The molecule has 3 aromatic rings. The van der Waals surface area contributed by atoms with Gasteiger partial charge in [0.15, 0.2) is 0 Å². The Morgan fingerprint density at radius 3 is 1.48 bits per heavy atom. The van der Waals surface area contributed by atoms with Crippen molar-refractivity contribution in [1.82, 2.24) is 0 Å². The van der Waals surface area contributed by atoms with Crippen molar-refractivity contribution in [2.45, 2.75) is 113 Å². The quantitative estimate of drug-likeness (QED) is 0.258. The molecule has 0 aromatic heterocycles. The van der Waals surface area contributed by atoms with Gasteiger partial charge in [0.1, 0.15) is 8.80 Å². The van der Waals surface area contributed by atoms with Crippen molar-refractivity contribution in [1.29, 1.82) is 0 Å². The molecule has 0 amide bonds. The fraction of sp³-hybridized carbons (Fsp3) is 0.436. The maximum atomic E-state index is 2.60. The van der Waals surface area contributed by atoms with Gasteiger partial charge >= 0.3 is 0 Å². The first-order chi connectivity index (χ1) is 18.7. The maximum absolute atomic E-state index is 2.60. The predicted molar refractivity (Wildman–Crippen MR) is 181 cm³/mol. The highest BCUT2D eigenvalue weighted by Crippen LogP contribution is 2.39. The summed E-state index contributed by atoms with van der Waals surface area (Å²) in [6.07, 6.45) is 7.34. The molecule has 1 aliphatic rings. The number of unbranched alkanes of at least 4 members (excludes halogenated alkanes) is 1. The molecule has 0 saturated carbocycles. The highest BCUT2D eigenvalue weighted by Gasteiger charge is 2.30. The topological polar surface area (TPSA) is 0 Å². The third kappa shape index (κ3) is 6.97. The molecule has 0 aliphatic heterocycles. The number of benzene rings is 3. The fourth-order valence-corrected chi connectivity index (χ4v) is 10.3. The number of allylic oxidation sites excluding steroid dienone is 4. The van der Waals surface area contributed by atoms with Crippen LogP contribution in [0.2, 0.25) is 0 Å². The minimum Gasteiger partial charge on any atom is -0.0668 e. The highest BCUT2D eigenvalue weighted by atomic mass is 28.3. The summed E-state index contributed by atoms with van der Waals surface area (Å²) < 4.78 is 0. The summed E-state index contributed by atoms with van der Waals surface area (Å²) in [5, 5.41) is 4.87. The third-order valence-corrected chi connectivity index (χ3v) is 11.8. The van der Waals surface area contributed by atoms with Crippen LogP contribution in [-0.4, -0.2) is 8.80 Å². The first-order valence-electron chi connectivity index (χ1n) is 15.4. The summed E-state index contributed by atoms with van der Waals surface area (Å²) in [5.41, 5.74) is 13.2. The smallest absolute Gasteiger partial charge is 0.0668 e. The molecule has 0 saturated heterocycles. The Balaban J connectivity index is 1.90. The normalized spacial score (nSPS) is 14.3. The zero-order valence-corrected chi connectivity index (χ0v) is 28.3. The van der Waals surface area contributed by atoms with Crippen LogP contribution in [0.4, 0.5) is 0 Å². The molecule has 0 bridgehead atoms. The summed E-state index contributed by atoms with van der Waals surface area (Å²) in [4.78, 5) is 0. The molecule has 0 N–H and O–H groups in total. The summed E-state index contributed by atoms with van der Waals surface area (Å²) in [5.74, 6) is 0. The van der Waals surface area contributed by atoms with E-state index in [1.54, 1.807) is 21.1 Å². The Labute approximate surface area is 247 Å². The first-order valence-corrected chi connectivity index (χ1v) is 17.1. The Morgan fingerprint density at radius 1 is 0.625 bits per heavy atom. The van der Waals surface area contributed by atoms with E-state index >= 15 is 0 Å². The van der Waals surface area contributed by atoms with Gasteiger partial charge in [0.2, 0.25) is 0 Å². The van der Waals surface area contributed by atoms with Crippen LogP contribution in [0, 0.1) is 27.7 Å². The minimum absolute atomic E-state index is 0.117. The van der Waals surface area contributed by atoms with Gasteiger partial charge in [0.25, 0.3) is 0 Å². The molecular formula is C39H52Si.